The molecule has 0 aliphatic heterocycles. The Balaban J connectivity index is 3.75. The Hall–Kier alpha value is -0.0800. The van der Waals surface area contributed by atoms with Crippen LogP contribution < -0.4 is 0 Å². The third-order valence-electron chi connectivity index (χ3n) is 5.20. The van der Waals surface area contributed by atoms with Gasteiger partial charge in [-0.3, -0.25) is 0 Å². The molecule has 0 spiro atoms. The van der Waals surface area contributed by atoms with E-state index in [-0.39, 0.29) is 0 Å². The van der Waals surface area contributed by atoms with Gasteiger partial charge in [-0.2, -0.15) is 0 Å². The molecule has 0 aromatic rings. The summed E-state index contributed by atoms with van der Waals surface area (Å²) in [6, 6.07) is 0. The quantitative estimate of drug-likeness (QED) is 0.304. The summed E-state index contributed by atoms with van der Waals surface area (Å²) in [5.41, 5.74) is -0.854. The Bertz CT molecular complexity index is 220. The molecule has 140 valence electrons. The molecule has 0 amide bonds. The van der Waals surface area contributed by atoms with Crippen LogP contribution >= 0.6 is 0 Å². The van der Waals surface area contributed by atoms with Crippen LogP contribution in [0.25, 0.3) is 0 Å². The summed E-state index contributed by atoms with van der Waals surface area (Å²) in [5.74, 6) is 0. The van der Waals surface area contributed by atoms with Crippen LogP contribution in [-0.2, 0) is 0 Å². The van der Waals surface area contributed by atoms with Crippen LogP contribution in [0.15, 0.2) is 0 Å². The normalized spacial score (nSPS) is 13.4. The van der Waals surface area contributed by atoms with Crippen molar-refractivity contribution in [2.75, 3.05) is 0 Å². The molecule has 2 heteroatoms. The average molecular weight is 329 g/mol. The number of hydrogen-bond acceptors (Lipinski definition) is 2. The van der Waals surface area contributed by atoms with E-state index >= 15 is 0 Å². The molecule has 1 unspecified atom stereocenters. The van der Waals surface area contributed by atoms with Crippen LogP contribution in [0.2, 0.25) is 0 Å². The molecule has 0 bridgehead atoms. The first kappa shape index (κ1) is 22.9. The number of hydrogen-bond donors (Lipinski definition) is 2. The van der Waals surface area contributed by atoms with Gasteiger partial charge in [-0.1, -0.05) is 104 Å². The van der Waals surface area contributed by atoms with Crippen molar-refractivity contribution >= 4 is 0 Å². The monoisotopic (exact) mass is 328 g/mol. The predicted molar refractivity (Wildman–Crippen MR) is 102 cm³/mol. The zero-order valence-corrected chi connectivity index (χ0v) is 16.3. The summed E-state index contributed by atoms with van der Waals surface area (Å²) in [4.78, 5) is 0. The minimum atomic E-state index is -0.854. The van der Waals surface area contributed by atoms with E-state index in [9.17, 15) is 10.2 Å². The van der Waals surface area contributed by atoms with E-state index in [0.717, 1.165) is 25.7 Å². The SMILES string of the molecule is CCCCCCCCCC(O)(CCCCCCCCC)C(C)O. The minimum absolute atomic E-state index is 0.609. The lowest BCUT2D eigenvalue weighted by molar-refractivity contribution is -0.0798. The maximum Gasteiger partial charge on any atom is 0.0902 e. The maximum absolute atomic E-state index is 10.7. The van der Waals surface area contributed by atoms with Crippen LogP contribution in [0.4, 0.5) is 0 Å². The fourth-order valence-electron chi connectivity index (χ4n) is 3.32. The first-order valence-electron chi connectivity index (χ1n) is 10.5. The summed E-state index contributed by atoms with van der Waals surface area (Å²) in [5, 5.41) is 20.7. The van der Waals surface area contributed by atoms with Crippen LogP contribution in [0.3, 0.4) is 0 Å². The van der Waals surface area contributed by atoms with Crippen molar-refractivity contribution in [3.63, 3.8) is 0 Å². The van der Waals surface area contributed by atoms with E-state index in [1.807, 2.05) is 0 Å². The average Bonchev–Trinajstić information content (AvgIpc) is 2.53. The van der Waals surface area contributed by atoms with E-state index in [2.05, 4.69) is 13.8 Å². The highest BCUT2D eigenvalue weighted by Gasteiger charge is 2.31. The first-order chi connectivity index (χ1) is 11.1. The van der Waals surface area contributed by atoms with E-state index in [4.69, 9.17) is 0 Å². The Labute approximate surface area is 146 Å². The van der Waals surface area contributed by atoms with Gasteiger partial charge in [0.15, 0.2) is 0 Å². The summed E-state index contributed by atoms with van der Waals surface area (Å²) < 4.78 is 0. The van der Waals surface area contributed by atoms with Gasteiger partial charge in [-0.05, 0) is 19.8 Å². The van der Waals surface area contributed by atoms with E-state index in [0.29, 0.717) is 0 Å². The van der Waals surface area contributed by atoms with Crippen molar-refractivity contribution in [3.8, 4) is 0 Å². The lowest BCUT2D eigenvalue weighted by atomic mass is 9.85. The molecule has 23 heavy (non-hydrogen) atoms. The first-order valence-corrected chi connectivity index (χ1v) is 10.5. The summed E-state index contributed by atoms with van der Waals surface area (Å²) >= 11 is 0. The highest BCUT2D eigenvalue weighted by Crippen LogP contribution is 2.26. The minimum Gasteiger partial charge on any atom is -0.390 e. The van der Waals surface area contributed by atoms with Gasteiger partial charge in [0.2, 0.25) is 0 Å². The second-order valence-electron chi connectivity index (χ2n) is 7.52. The summed E-state index contributed by atoms with van der Waals surface area (Å²) in [7, 11) is 0. The van der Waals surface area contributed by atoms with E-state index in [1.165, 1.54) is 77.0 Å². The zero-order chi connectivity index (χ0) is 17.4. The third-order valence-corrected chi connectivity index (χ3v) is 5.20. The molecule has 0 saturated heterocycles. The van der Waals surface area contributed by atoms with Gasteiger partial charge in [0, 0.05) is 0 Å². The lowest BCUT2D eigenvalue weighted by Gasteiger charge is -2.31. The zero-order valence-electron chi connectivity index (χ0n) is 16.3. The molecular weight excluding hydrogens is 284 g/mol. The number of rotatable bonds is 17. The fraction of sp³-hybridized carbons (Fsp3) is 1.00. The van der Waals surface area contributed by atoms with Gasteiger partial charge in [0.1, 0.15) is 0 Å². The molecule has 1 atom stereocenters. The van der Waals surface area contributed by atoms with E-state index in [1.54, 1.807) is 6.92 Å². The van der Waals surface area contributed by atoms with Crippen molar-refractivity contribution < 1.29 is 10.2 Å². The number of aliphatic hydroxyl groups excluding tert-OH is 1. The van der Waals surface area contributed by atoms with Crippen LogP contribution in [0.1, 0.15) is 124 Å². The smallest absolute Gasteiger partial charge is 0.0902 e. The second-order valence-corrected chi connectivity index (χ2v) is 7.52. The van der Waals surface area contributed by atoms with Gasteiger partial charge >= 0.3 is 0 Å². The van der Waals surface area contributed by atoms with Crippen LogP contribution in [-0.4, -0.2) is 21.9 Å². The summed E-state index contributed by atoms with van der Waals surface area (Å²) in [6.45, 7) is 6.24. The van der Waals surface area contributed by atoms with Crippen molar-refractivity contribution in [2.24, 2.45) is 0 Å². The van der Waals surface area contributed by atoms with Crippen molar-refractivity contribution in [1.82, 2.24) is 0 Å². The standard InChI is InChI=1S/C21H44O2/c1-4-6-8-10-12-14-16-18-21(23,20(3)22)19-17-15-13-11-9-7-5-2/h20,22-23H,4-19H2,1-3H3. The van der Waals surface area contributed by atoms with Gasteiger partial charge in [-0.25, -0.2) is 0 Å². The fourth-order valence-corrected chi connectivity index (χ4v) is 3.32. The highest BCUT2D eigenvalue weighted by molar-refractivity contribution is 4.83. The van der Waals surface area contributed by atoms with Crippen LogP contribution in [0.5, 0.6) is 0 Å². The number of aliphatic hydroxyl groups is 2. The predicted octanol–water partition coefficient (Wildman–Crippen LogP) is 6.38. The molecule has 0 aromatic heterocycles. The van der Waals surface area contributed by atoms with Crippen molar-refractivity contribution in [2.45, 2.75) is 135 Å². The van der Waals surface area contributed by atoms with Gasteiger partial charge in [0.25, 0.3) is 0 Å². The molecule has 0 rings (SSSR count). The van der Waals surface area contributed by atoms with Crippen molar-refractivity contribution in [3.05, 3.63) is 0 Å². The molecule has 0 aliphatic carbocycles. The molecule has 0 saturated carbocycles. The molecule has 2 N–H and O–H groups in total. The Morgan fingerprint density at radius 3 is 1.22 bits per heavy atom. The lowest BCUT2D eigenvalue weighted by Crippen LogP contribution is -2.40. The van der Waals surface area contributed by atoms with Gasteiger partial charge in [0.05, 0.1) is 11.7 Å². The third kappa shape index (κ3) is 12.9. The number of unbranched alkanes of at least 4 members (excludes halogenated alkanes) is 12. The Kier molecular flexibility index (Phi) is 15.4. The Morgan fingerprint density at radius 2 is 0.913 bits per heavy atom. The molecule has 0 heterocycles. The molecular formula is C21H44O2. The molecule has 0 fully saturated rings. The van der Waals surface area contributed by atoms with Crippen molar-refractivity contribution in [1.29, 1.82) is 0 Å². The van der Waals surface area contributed by atoms with Gasteiger partial charge < -0.3 is 10.2 Å². The molecule has 2 nitrogen and oxygen atoms in total. The molecule has 0 aromatic carbocycles. The maximum atomic E-state index is 10.7. The Morgan fingerprint density at radius 1 is 0.609 bits per heavy atom. The topological polar surface area (TPSA) is 40.5 Å². The molecule has 0 aliphatic rings. The van der Waals surface area contributed by atoms with E-state index < -0.39 is 11.7 Å². The highest BCUT2D eigenvalue weighted by atomic mass is 16.3. The van der Waals surface area contributed by atoms with Crippen LogP contribution in [0, 0.1) is 0 Å². The summed E-state index contributed by atoms with van der Waals surface area (Å²) in [6.07, 6.45) is 18.5. The molecule has 0 radical (unpaired) electrons. The largest absolute Gasteiger partial charge is 0.390 e. The second kappa shape index (κ2) is 15.4. The van der Waals surface area contributed by atoms with Gasteiger partial charge in [-0.15, -0.1) is 0 Å².